The van der Waals surface area contributed by atoms with Crippen molar-refractivity contribution in [3.8, 4) is 0 Å². The molecular formula is C22H26Si. The van der Waals surface area contributed by atoms with Gasteiger partial charge in [0.05, 0.1) is 0 Å². The number of rotatable bonds is 3. The molecule has 0 aliphatic heterocycles. The molecule has 0 fully saturated rings. The average molecular weight is 319 g/mol. The number of hydrogen-bond acceptors (Lipinski definition) is 0. The molecule has 0 atom stereocenters. The summed E-state index contributed by atoms with van der Waals surface area (Å²) < 4.78 is 0. The quantitative estimate of drug-likeness (QED) is 0.732. The molecule has 0 spiro atoms. The molecule has 0 saturated heterocycles. The summed E-state index contributed by atoms with van der Waals surface area (Å²) in [5.41, 5.74) is 6.12. The lowest BCUT2D eigenvalue weighted by Crippen LogP contribution is -2.51. The summed E-state index contributed by atoms with van der Waals surface area (Å²) in [5.74, 6) is 0. The Labute approximate surface area is 142 Å². The molecule has 0 bridgehead atoms. The van der Waals surface area contributed by atoms with Crippen molar-refractivity contribution in [1.29, 1.82) is 0 Å². The third kappa shape index (κ3) is 2.44. The van der Waals surface area contributed by atoms with Gasteiger partial charge in [0.15, 0.2) is 0 Å². The second kappa shape index (κ2) is 5.97. The summed E-state index contributed by atoms with van der Waals surface area (Å²) >= 11 is 0. The Hall–Kier alpha value is -1.86. The summed E-state index contributed by atoms with van der Waals surface area (Å²) in [6.07, 6.45) is 0. The standard InChI is InChI=1S/C22H26Si/c1-16-17(2)19(4)22(5,18(16)3)23(20-12-8-6-9-13-20)21-14-10-7-11-15-21/h6-15,23H,1-5H3. The van der Waals surface area contributed by atoms with Gasteiger partial charge >= 0.3 is 0 Å². The van der Waals surface area contributed by atoms with Crippen LogP contribution in [0.1, 0.15) is 34.6 Å². The van der Waals surface area contributed by atoms with Crippen molar-refractivity contribution >= 4 is 19.2 Å². The van der Waals surface area contributed by atoms with E-state index in [9.17, 15) is 0 Å². The first kappa shape index (κ1) is 16.0. The fraction of sp³-hybridized carbons (Fsp3) is 0.273. The van der Waals surface area contributed by atoms with E-state index in [0.29, 0.717) is 0 Å². The molecule has 3 rings (SSSR count). The van der Waals surface area contributed by atoms with Gasteiger partial charge in [0, 0.05) is 5.04 Å². The molecule has 0 N–H and O–H groups in total. The number of hydrogen-bond donors (Lipinski definition) is 0. The number of allylic oxidation sites excluding steroid dienone is 4. The Balaban J connectivity index is 2.26. The summed E-state index contributed by atoms with van der Waals surface area (Å²) in [6.45, 7) is 11.8. The number of benzene rings is 2. The largest absolute Gasteiger partial charge is 0.116 e. The SMILES string of the molecule is CC1=C(C)C(C)([SiH](c2ccccc2)c2ccccc2)C(C)=C1C. The van der Waals surface area contributed by atoms with Crippen LogP contribution in [-0.4, -0.2) is 8.80 Å². The molecule has 2 aromatic carbocycles. The topological polar surface area (TPSA) is 0 Å². The lowest BCUT2D eigenvalue weighted by atomic mass is 9.98. The zero-order valence-corrected chi connectivity index (χ0v) is 16.0. The maximum atomic E-state index is 2.48. The Morgan fingerprint density at radius 2 is 0.957 bits per heavy atom. The van der Waals surface area contributed by atoms with Gasteiger partial charge in [0.1, 0.15) is 8.80 Å². The highest BCUT2D eigenvalue weighted by atomic mass is 28.3. The molecule has 1 aliphatic carbocycles. The Bertz CT molecular complexity index is 703. The molecular weight excluding hydrogens is 292 g/mol. The van der Waals surface area contributed by atoms with Gasteiger partial charge in [-0.25, -0.2) is 0 Å². The molecule has 1 heteroatoms. The van der Waals surface area contributed by atoms with Crippen LogP contribution in [0.25, 0.3) is 0 Å². The molecule has 0 amide bonds. The maximum absolute atomic E-state index is 2.48. The third-order valence-corrected chi connectivity index (χ3v) is 10.2. The van der Waals surface area contributed by atoms with Crippen LogP contribution < -0.4 is 10.4 Å². The van der Waals surface area contributed by atoms with E-state index in [2.05, 4.69) is 95.3 Å². The van der Waals surface area contributed by atoms with Crippen LogP contribution in [0.4, 0.5) is 0 Å². The molecule has 0 saturated carbocycles. The second-order valence-corrected chi connectivity index (χ2v) is 10.3. The van der Waals surface area contributed by atoms with Crippen molar-refractivity contribution < 1.29 is 0 Å². The summed E-state index contributed by atoms with van der Waals surface area (Å²) in [4.78, 5) is 0. The fourth-order valence-electron chi connectivity index (χ4n) is 4.21. The minimum absolute atomic E-state index is 0.177. The highest BCUT2D eigenvalue weighted by Crippen LogP contribution is 2.53. The monoisotopic (exact) mass is 318 g/mol. The molecule has 0 radical (unpaired) electrons. The minimum Gasteiger partial charge on any atom is -0.0629 e. The lowest BCUT2D eigenvalue weighted by molar-refractivity contribution is 0.824. The zero-order valence-electron chi connectivity index (χ0n) is 14.9. The van der Waals surface area contributed by atoms with Gasteiger partial charge in [-0.2, -0.15) is 0 Å². The molecule has 23 heavy (non-hydrogen) atoms. The van der Waals surface area contributed by atoms with Gasteiger partial charge in [0.25, 0.3) is 0 Å². The highest BCUT2D eigenvalue weighted by molar-refractivity contribution is 6.88. The smallest absolute Gasteiger partial charge is 0.0629 e. The Morgan fingerprint density at radius 1 is 0.609 bits per heavy atom. The van der Waals surface area contributed by atoms with Gasteiger partial charge in [-0.1, -0.05) is 89.1 Å². The van der Waals surface area contributed by atoms with Crippen molar-refractivity contribution in [2.45, 2.75) is 39.7 Å². The van der Waals surface area contributed by atoms with Crippen LogP contribution in [0.15, 0.2) is 83.0 Å². The summed E-state index contributed by atoms with van der Waals surface area (Å²) in [6, 6.07) is 22.3. The van der Waals surface area contributed by atoms with E-state index in [1.807, 2.05) is 0 Å². The first-order valence-electron chi connectivity index (χ1n) is 8.44. The van der Waals surface area contributed by atoms with E-state index < -0.39 is 8.80 Å². The first-order chi connectivity index (χ1) is 11.0. The third-order valence-electron chi connectivity index (χ3n) is 6.09. The highest BCUT2D eigenvalue weighted by Gasteiger charge is 2.45. The Morgan fingerprint density at radius 3 is 1.30 bits per heavy atom. The van der Waals surface area contributed by atoms with Gasteiger partial charge in [-0.05, 0) is 38.8 Å². The van der Waals surface area contributed by atoms with Gasteiger partial charge in [-0.3, -0.25) is 0 Å². The van der Waals surface area contributed by atoms with Crippen LogP contribution in [0.2, 0.25) is 5.04 Å². The van der Waals surface area contributed by atoms with Gasteiger partial charge in [-0.15, -0.1) is 0 Å². The molecule has 0 nitrogen and oxygen atoms in total. The van der Waals surface area contributed by atoms with Crippen molar-refractivity contribution in [1.82, 2.24) is 0 Å². The van der Waals surface area contributed by atoms with Crippen molar-refractivity contribution in [3.63, 3.8) is 0 Å². The molecule has 2 aromatic rings. The molecule has 1 aliphatic rings. The van der Waals surface area contributed by atoms with Crippen LogP contribution >= 0.6 is 0 Å². The second-order valence-electron chi connectivity index (χ2n) is 6.96. The van der Waals surface area contributed by atoms with Gasteiger partial charge in [0.2, 0.25) is 0 Å². The minimum atomic E-state index is -1.43. The van der Waals surface area contributed by atoms with Crippen LogP contribution in [0.3, 0.4) is 0 Å². The zero-order chi connectivity index (χ0) is 16.6. The van der Waals surface area contributed by atoms with Crippen LogP contribution in [-0.2, 0) is 0 Å². The average Bonchev–Trinajstić information content (AvgIpc) is 2.73. The Kier molecular flexibility index (Phi) is 4.16. The van der Waals surface area contributed by atoms with E-state index in [1.165, 1.54) is 21.5 Å². The van der Waals surface area contributed by atoms with E-state index in [0.717, 1.165) is 0 Å². The molecule has 0 unspecified atom stereocenters. The van der Waals surface area contributed by atoms with Gasteiger partial charge < -0.3 is 0 Å². The van der Waals surface area contributed by atoms with Crippen molar-refractivity contribution in [2.75, 3.05) is 0 Å². The van der Waals surface area contributed by atoms with Crippen LogP contribution in [0, 0.1) is 0 Å². The lowest BCUT2D eigenvalue weighted by Gasteiger charge is -2.38. The predicted molar refractivity (Wildman–Crippen MR) is 104 cm³/mol. The molecule has 0 heterocycles. The van der Waals surface area contributed by atoms with Crippen molar-refractivity contribution in [2.24, 2.45) is 0 Å². The van der Waals surface area contributed by atoms with E-state index in [4.69, 9.17) is 0 Å². The van der Waals surface area contributed by atoms with E-state index in [-0.39, 0.29) is 5.04 Å². The predicted octanol–water partition coefficient (Wildman–Crippen LogP) is 4.47. The van der Waals surface area contributed by atoms with E-state index >= 15 is 0 Å². The summed E-state index contributed by atoms with van der Waals surface area (Å²) in [5, 5.41) is 3.24. The van der Waals surface area contributed by atoms with Crippen LogP contribution in [0.5, 0.6) is 0 Å². The van der Waals surface area contributed by atoms with E-state index in [1.54, 1.807) is 11.1 Å². The first-order valence-corrected chi connectivity index (χ1v) is 10.2. The summed E-state index contributed by atoms with van der Waals surface area (Å²) in [7, 11) is -1.43. The normalized spacial score (nSPS) is 17.3. The molecule has 0 aromatic heterocycles. The molecule has 118 valence electrons. The van der Waals surface area contributed by atoms with Crippen molar-refractivity contribution in [3.05, 3.63) is 83.0 Å². The fourth-order valence-corrected chi connectivity index (χ4v) is 8.44. The maximum Gasteiger partial charge on any atom is 0.116 e.